The lowest BCUT2D eigenvalue weighted by Crippen LogP contribution is -2.22. The number of carboxylic acid groups (broad SMARTS) is 1. The Bertz CT molecular complexity index is 1560. The summed E-state index contributed by atoms with van der Waals surface area (Å²) in [6.07, 6.45) is -3.47. The number of urea groups is 1. The number of carboxylic acids is 1. The van der Waals surface area contributed by atoms with Crippen LogP contribution in [0.5, 0.6) is 17.2 Å². The fourth-order valence-electron chi connectivity index (χ4n) is 3.67. The molecule has 4 rings (SSSR count). The molecule has 2 amide bonds. The van der Waals surface area contributed by atoms with Crippen molar-refractivity contribution in [2.45, 2.75) is 32.4 Å². The highest BCUT2D eigenvalue weighted by molar-refractivity contribution is 6.00. The van der Waals surface area contributed by atoms with Crippen LogP contribution in [0.3, 0.4) is 0 Å². The third kappa shape index (κ3) is 6.03. The van der Waals surface area contributed by atoms with Gasteiger partial charge in [0.15, 0.2) is 5.82 Å². The summed E-state index contributed by atoms with van der Waals surface area (Å²) in [5.74, 6) is -1.17. The monoisotopic (exact) mass is 543 g/mol. The molecule has 13 heteroatoms. The highest BCUT2D eigenvalue weighted by Crippen LogP contribution is 2.39. The fourth-order valence-corrected chi connectivity index (χ4v) is 3.67. The number of aromatic nitrogens is 3. The van der Waals surface area contributed by atoms with E-state index in [0.717, 1.165) is 17.8 Å². The second-order valence-corrected chi connectivity index (χ2v) is 9.49. The van der Waals surface area contributed by atoms with Gasteiger partial charge in [0.25, 0.3) is 0 Å². The largest absolute Gasteiger partial charge is 0.496 e. The van der Waals surface area contributed by atoms with Crippen LogP contribution < -0.4 is 20.1 Å². The molecule has 10 nitrogen and oxygen atoms in total. The van der Waals surface area contributed by atoms with Crippen molar-refractivity contribution >= 4 is 34.4 Å². The molecule has 39 heavy (non-hydrogen) atoms. The zero-order valence-corrected chi connectivity index (χ0v) is 21.2. The molecule has 0 saturated heterocycles. The average Bonchev–Trinajstić information content (AvgIpc) is 3.32. The molecule has 0 aliphatic heterocycles. The Morgan fingerprint density at radius 2 is 1.74 bits per heavy atom. The van der Waals surface area contributed by atoms with Crippen molar-refractivity contribution in [3.63, 3.8) is 0 Å². The van der Waals surface area contributed by atoms with E-state index in [1.54, 1.807) is 6.07 Å². The van der Waals surface area contributed by atoms with Crippen LogP contribution in [0.4, 0.5) is 29.5 Å². The Kier molecular flexibility index (Phi) is 7.09. The third-order valence-corrected chi connectivity index (χ3v) is 5.65. The number of carbonyl (C=O) groups excluding carboxylic acids is 1. The molecule has 0 atom stereocenters. The number of nitrogens with one attached hydrogen (secondary N) is 3. The van der Waals surface area contributed by atoms with E-state index in [0.29, 0.717) is 5.52 Å². The Hall–Kier alpha value is -4.81. The maximum Gasteiger partial charge on any atom is 0.418 e. The maximum absolute atomic E-state index is 13.9. The zero-order valence-electron chi connectivity index (χ0n) is 21.2. The Morgan fingerprint density at radius 1 is 1.00 bits per heavy atom. The molecule has 0 aliphatic carbocycles. The summed E-state index contributed by atoms with van der Waals surface area (Å²) in [7, 11) is 1.31. The predicted molar refractivity (Wildman–Crippen MR) is 137 cm³/mol. The molecular weight excluding hydrogens is 519 g/mol. The van der Waals surface area contributed by atoms with E-state index in [4.69, 9.17) is 9.47 Å². The van der Waals surface area contributed by atoms with Gasteiger partial charge in [-0.1, -0.05) is 20.8 Å². The molecule has 0 aliphatic rings. The average molecular weight is 544 g/mol. The van der Waals surface area contributed by atoms with Crippen LogP contribution in [0, 0.1) is 0 Å². The molecule has 4 aromatic rings. The normalized spacial score (nSPS) is 11.8. The first-order chi connectivity index (χ1) is 18.3. The highest BCUT2D eigenvalue weighted by atomic mass is 19.4. The summed E-state index contributed by atoms with van der Waals surface area (Å²) >= 11 is 0. The number of alkyl halides is 3. The Balaban J connectivity index is 1.62. The molecule has 0 saturated carbocycles. The van der Waals surface area contributed by atoms with E-state index in [1.165, 1.54) is 37.6 Å². The number of hydrogen-bond donors (Lipinski definition) is 4. The SMILES string of the molecule is COc1cc2nccc(Oc3ccc(NC(=O)Nc4cc(C(C)(C)C)[nH]n4)c(C(F)(F)F)c3)c2cc1C(=O)O. The first-order valence-corrected chi connectivity index (χ1v) is 11.5. The number of anilines is 2. The van der Waals surface area contributed by atoms with Gasteiger partial charge in [-0.25, -0.2) is 9.59 Å². The molecule has 0 radical (unpaired) electrons. The van der Waals surface area contributed by atoms with Crippen LogP contribution in [0.15, 0.2) is 48.7 Å². The maximum atomic E-state index is 13.9. The molecule has 2 heterocycles. The minimum absolute atomic E-state index is 0.0668. The summed E-state index contributed by atoms with van der Waals surface area (Å²) in [6.45, 7) is 5.79. The molecule has 204 valence electrons. The van der Waals surface area contributed by atoms with Gasteiger partial charge < -0.3 is 19.9 Å². The van der Waals surface area contributed by atoms with Gasteiger partial charge in [-0.05, 0) is 30.3 Å². The van der Waals surface area contributed by atoms with Crippen LogP contribution in [-0.2, 0) is 11.6 Å². The van der Waals surface area contributed by atoms with Crippen molar-refractivity contribution in [3.05, 3.63) is 65.5 Å². The topological polar surface area (TPSA) is 138 Å². The van der Waals surface area contributed by atoms with Crippen LogP contribution in [0.2, 0.25) is 0 Å². The standard InChI is InChI=1S/C26H24F3N5O5/c1-25(2,3)21-12-22(34-33-21)32-24(37)31-17-6-5-13(9-16(17)26(27,28)29)39-19-7-8-30-18-11-20(38-4)15(23(35)36)10-14(18)19/h5-12H,1-4H3,(H,35,36)(H3,31,32,33,34,37). The van der Waals surface area contributed by atoms with E-state index in [9.17, 15) is 27.9 Å². The molecule has 0 unspecified atom stereocenters. The number of hydrogen-bond acceptors (Lipinski definition) is 6. The summed E-state index contributed by atoms with van der Waals surface area (Å²) in [6, 6.07) is 7.75. The van der Waals surface area contributed by atoms with Crippen LogP contribution >= 0.6 is 0 Å². The van der Waals surface area contributed by atoms with Crippen molar-refractivity contribution in [3.8, 4) is 17.2 Å². The lowest BCUT2D eigenvalue weighted by molar-refractivity contribution is -0.137. The van der Waals surface area contributed by atoms with Gasteiger partial charge in [0, 0.05) is 34.8 Å². The van der Waals surface area contributed by atoms with E-state index >= 15 is 0 Å². The lowest BCUT2D eigenvalue weighted by atomic mass is 9.92. The molecule has 0 bridgehead atoms. The zero-order chi connectivity index (χ0) is 28.5. The van der Waals surface area contributed by atoms with Crippen LogP contribution in [0.1, 0.15) is 42.4 Å². The highest BCUT2D eigenvalue weighted by Gasteiger charge is 2.35. The molecule has 4 N–H and O–H groups in total. The van der Waals surface area contributed by atoms with Crippen LogP contribution in [-0.4, -0.2) is 39.4 Å². The van der Waals surface area contributed by atoms with Crippen molar-refractivity contribution in [1.82, 2.24) is 15.2 Å². The second-order valence-electron chi connectivity index (χ2n) is 9.49. The van der Waals surface area contributed by atoms with Gasteiger partial charge in [0.2, 0.25) is 0 Å². The lowest BCUT2D eigenvalue weighted by Gasteiger charge is -2.16. The molecule has 2 aromatic heterocycles. The van der Waals surface area contributed by atoms with Gasteiger partial charge in [-0.15, -0.1) is 0 Å². The number of halogens is 3. The number of aromatic carboxylic acids is 1. The second kappa shape index (κ2) is 10.2. The number of fused-ring (bicyclic) bond motifs is 1. The van der Waals surface area contributed by atoms with Crippen molar-refractivity contribution < 1.29 is 37.3 Å². The molecule has 2 aromatic carbocycles. The number of H-pyrrole nitrogens is 1. The number of benzene rings is 2. The molecule has 0 fully saturated rings. The minimum atomic E-state index is -4.84. The number of rotatable bonds is 6. The predicted octanol–water partition coefficient (Wildman–Crippen LogP) is 6.42. The summed E-state index contributed by atoms with van der Waals surface area (Å²) in [5, 5.41) is 21.1. The van der Waals surface area contributed by atoms with Gasteiger partial charge in [0.1, 0.15) is 22.8 Å². The smallest absolute Gasteiger partial charge is 0.418 e. The summed E-state index contributed by atoms with van der Waals surface area (Å²) in [4.78, 5) is 28.2. The van der Waals surface area contributed by atoms with E-state index < -0.39 is 29.4 Å². The van der Waals surface area contributed by atoms with E-state index in [-0.39, 0.29) is 39.4 Å². The van der Waals surface area contributed by atoms with Gasteiger partial charge in [0.05, 0.1) is 23.9 Å². The number of carbonyl (C=O) groups is 2. The minimum Gasteiger partial charge on any atom is -0.496 e. The molecule has 0 spiro atoms. The Labute approximate surface area is 220 Å². The number of pyridine rings is 1. The van der Waals surface area contributed by atoms with E-state index in [2.05, 4.69) is 25.8 Å². The van der Waals surface area contributed by atoms with E-state index in [1.807, 2.05) is 20.8 Å². The first-order valence-electron chi connectivity index (χ1n) is 11.5. The summed E-state index contributed by atoms with van der Waals surface area (Å²) < 4.78 is 52.6. The number of ether oxygens (including phenoxy) is 2. The Morgan fingerprint density at radius 3 is 2.36 bits per heavy atom. The number of aromatic amines is 1. The number of amides is 2. The van der Waals surface area contributed by atoms with Crippen molar-refractivity contribution in [1.29, 1.82) is 0 Å². The quantitative estimate of drug-likeness (QED) is 0.220. The summed E-state index contributed by atoms with van der Waals surface area (Å²) in [5.41, 5.74) is -1.06. The fraction of sp³-hybridized carbons (Fsp3) is 0.231. The third-order valence-electron chi connectivity index (χ3n) is 5.65. The van der Waals surface area contributed by atoms with Gasteiger partial charge in [-0.3, -0.25) is 15.4 Å². The molecular formula is C26H24F3N5O5. The van der Waals surface area contributed by atoms with Crippen molar-refractivity contribution in [2.75, 3.05) is 17.7 Å². The van der Waals surface area contributed by atoms with Crippen LogP contribution in [0.25, 0.3) is 10.9 Å². The van der Waals surface area contributed by atoms with Crippen molar-refractivity contribution in [2.24, 2.45) is 0 Å². The first kappa shape index (κ1) is 27.2. The van der Waals surface area contributed by atoms with Gasteiger partial charge >= 0.3 is 18.2 Å². The number of nitrogens with zero attached hydrogens (tertiary/aromatic N) is 2. The van der Waals surface area contributed by atoms with Gasteiger partial charge in [-0.2, -0.15) is 18.3 Å². The number of methoxy groups -OCH3 is 1.